The molecule has 0 saturated carbocycles. The largest absolute Gasteiger partial charge is 0.481 e. The second kappa shape index (κ2) is 6.01. The minimum Gasteiger partial charge on any atom is -0.481 e. The Morgan fingerprint density at radius 3 is 2.45 bits per heavy atom. The molecule has 1 saturated heterocycles. The highest BCUT2D eigenvalue weighted by Gasteiger charge is 2.34. The summed E-state index contributed by atoms with van der Waals surface area (Å²) < 4.78 is 16.3. The fourth-order valence-electron chi connectivity index (χ4n) is 2.27. The van der Waals surface area contributed by atoms with Crippen LogP contribution in [0.3, 0.4) is 0 Å². The number of methoxy groups -OCH3 is 2. The molecule has 1 aliphatic rings. The molecule has 0 aliphatic carbocycles. The topological polar surface area (TPSA) is 56.7 Å². The Hall–Kier alpha value is -1.27. The highest BCUT2D eigenvalue weighted by Crippen LogP contribution is 2.27. The zero-order chi connectivity index (χ0) is 14.8. The van der Waals surface area contributed by atoms with E-state index in [1.807, 2.05) is 18.7 Å². The van der Waals surface area contributed by atoms with Crippen molar-refractivity contribution < 1.29 is 14.2 Å². The second-order valence-electron chi connectivity index (χ2n) is 5.29. The van der Waals surface area contributed by atoms with Crippen molar-refractivity contribution in [3.8, 4) is 11.8 Å². The lowest BCUT2D eigenvalue weighted by molar-refractivity contribution is -0.0738. The van der Waals surface area contributed by atoms with Gasteiger partial charge in [-0.1, -0.05) is 0 Å². The SMILES string of the molecule is COc1cc(OC)nc(N2CC(CCl)OC(C)(C)C2)n1. The third-order valence-corrected chi connectivity index (χ3v) is 3.37. The first-order valence-corrected chi connectivity index (χ1v) is 6.96. The summed E-state index contributed by atoms with van der Waals surface area (Å²) in [6, 6.07) is 1.65. The number of hydrogen-bond acceptors (Lipinski definition) is 6. The van der Waals surface area contributed by atoms with Gasteiger partial charge in [0.15, 0.2) is 0 Å². The van der Waals surface area contributed by atoms with Crippen LogP contribution >= 0.6 is 11.6 Å². The molecule has 0 aromatic carbocycles. The first-order valence-electron chi connectivity index (χ1n) is 6.43. The van der Waals surface area contributed by atoms with Gasteiger partial charge >= 0.3 is 0 Å². The maximum Gasteiger partial charge on any atom is 0.232 e. The lowest BCUT2D eigenvalue weighted by Crippen LogP contribution is -2.54. The summed E-state index contributed by atoms with van der Waals surface area (Å²) in [6.45, 7) is 5.37. The Kier molecular flexibility index (Phi) is 4.55. The van der Waals surface area contributed by atoms with E-state index in [0.717, 1.165) is 0 Å². The summed E-state index contributed by atoms with van der Waals surface area (Å²) in [6.07, 6.45) is -0.0544. The Balaban J connectivity index is 2.29. The standard InChI is InChI=1S/C13H20ClN3O3/c1-13(2)8-17(7-9(6-14)20-13)12-15-10(18-3)5-11(16-12)19-4/h5,9H,6-8H2,1-4H3. The van der Waals surface area contributed by atoms with E-state index in [4.69, 9.17) is 25.8 Å². The van der Waals surface area contributed by atoms with Crippen molar-refractivity contribution in [2.24, 2.45) is 0 Å². The summed E-state index contributed by atoms with van der Waals surface area (Å²) >= 11 is 5.94. The van der Waals surface area contributed by atoms with Crippen LogP contribution in [-0.4, -0.2) is 54.9 Å². The lowest BCUT2D eigenvalue weighted by Gasteiger charge is -2.42. The van der Waals surface area contributed by atoms with Crippen molar-refractivity contribution in [1.82, 2.24) is 9.97 Å². The van der Waals surface area contributed by atoms with Gasteiger partial charge < -0.3 is 19.1 Å². The maximum atomic E-state index is 5.94. The smallest absolute Gasteiger partial charge is 0.232 e. The lowest BCUT2D eigenvalue weighted by atomic mass is 10.1. The van der Waals surface area contributed by atoms with E-state index in [2.05, 4.69) is 9.97 Å². The number of morpholine rings is 1. The molecule has 2 rings (SSSR count). The highest BCUT2D eigenvalue weighted by molar-refractivity contribution is 6.18. The molecule has 2 heterocycles. The quantitative estimate of drug-likeness (QED) is 0.789. The van der Waals surface area contributed by atoms with E-state index >= 15 is 0 Å². The van der Waals surface area contributed by atoms with Crippen LogP contribution in [0.5, 0.6) is 11.8 Å². The van der Waals surface area contributed by atoms with Crippen LogP contribution < -0.4 is 14.4 Å². The zero-order valence-electron chi connectivity index (χ0n) is 12.2. The van der Waals surface area contributed by atoms with Gasteiger partial charge in [-0.25, -0.2) is 0 Å². The van der Waals surface area contributed by atoms with Gasteiger partial charge in [-0.15, -0.1) is 11.6 Å². The summed E-state index contributed by atoms with van der Waals surface area (Å²) in [5, 5.41) is 0. The molecular formula is C13H20ClN3O3. The molecule has 0 spiro atoms. The Morgan fingerprint density at radius 2 is 1.95 bits per heavy atom. The van der Waals surface area contributed by atoms with E-state index < -0.39 is 0 Å². The fourth-order valence-corrected chi connectivity index (χ4v) is 2.43. The first-order chi connectivity index (χ1) is 9.47. The molecule has 6 nitrogen and oxygen atoms in total. The van der Waals surface area contributed by atoms with Crippen LogP contribution in [0.1, 0.15) is 13.8 Å². The first kappa shape index (κ1) is 15.1. The van der Waals surface area contributed by atoms with E-state index in [9.17, 15) is 0 Å². The molecule has 1 atom stereocenters. The number of ether oxygens (including phenoxy) is 3. The number of aromatic nitrogens is 2. The molecule has 1 fully saturated rings. The van der Waals surface area contributed by atoms with Gasteiger partial charge in [0, 0.05) is 13.1 Å². The number of halogens is 1. The van der Waals surface area contributed by atoms with Crippen LogP contribution in [0, 0.1) is 0 Å². The van der Waals surface area contributed by atoms with Crippen molar-refractivity contribution in [1.29, 1.82) is 0 Å². The number of anilines is 1. The van der Waals surface area contributed by atoms with Crippen molar-refractivity contribution in [2.75, 3.05) is 38.1 Å². The predicted molar refractivity (Wildman–Crippen MR) is 77.0 cm³/mol. The van der Waals surface area contributed by atoms with Gasteiger partial charge in [-0.05, 0) is 13.8 Å². The van der Waals surface area contributed by atoms with Gasteiger partial charge in [0.25, 0.3) is 0 Å². The van der Waals surface area contributed by atoms with Gasteiger partial charge in [-0.3, -0.25) is 0 Å². The monoisotopic (exact) mass is 301 g/mol. The van der Waals surface area contributed by atoms with E-state index in [1.54, 1.807) is 20.3 Å². The molecule has 112 valence electrons. The third kappa shape index (κ3) is 3.43. The van der Waals surface area contributed by atoms with Crippen LogP contribution in [-0.2, 0) is 4.74 Å². The molecule has 7 heteroatoms. The van der Waals surface area contributed by atoms with Gasteiger partial charge in [0.05, 0.1) is 37.9 Å². The molecule has 0 bridgehead atoms. The van der Waals surface area contributed by atoms with Crippen LogP contribution in [0.2, 0.25) is 0 Å². The number of hydrogen-bond donors (Lipinski definition) is 0. The van der Waals surface area contributed by atoms with E-state index in [1.165, 1.54) is 0 Å². The fraction of sp³-hybridized carbons (Fsp3) is 0.692. The summed E-state index contributed by atoms with van der Waals surface area (Å²) in [4.78, 5) is 10.8. The van der Waals surface area contributed by atoms with E-state index in [0.29, 0.717) is 36.7 Å². The maximum absolute atomic E-state index is 5.94. The van der Waals surface area contributed by atoms with Crippen molar-refractivity contribution in [3.05, 3.63) is 6.07 Å². The average molecular weight is 302 g/mol. The van der Waals surface area contributed by atoms with Crippen molar-refractivity contribution in [2.45, 2.75) is 25.6 Å². The molecule has 1 aromatic heterocycles. The van der Waals surface area contributed by atoms with Gasteiger partial charge in [-0.2, -0.15) is 9.97 Å². The summed E-state index contributed by atoms with van der Waals surface area (Å²) in [7, 11) is 3.13. The van der Waals surface area contributed by atoms with Crippen molar-refractivity contribution >= 4 is 17.5 Å². The highest BCUT2D eigenvalue weighted by atomic mass is 35.5. The Labute approximate surface area is 124 Å². The normalized spacial score (nSPS) is 21.6. The number of alkyl halides is 1. The predicted octanol–water partition coefficient (Wildman–Crippen LogP) is 1.72. The molecule has 20 heavy (non-hydrogen) atoms. The number of rotatable bonds is 4. The molecule has 0 amide bonds. The Morgan fingerprint density at radius 1 is 1.35 bits per heavy atom. The number of nitrogens with zero attached hydrogens (tertiary/aromatic N) is 3. The Bertz CT molecular complexity index is 448. The molecule has 1 unspecified atom stereocenters. The molecular weight excluding hydrogens is 282 g/mol. The molecule has 0 N–H and O–H groups in total. The molecule has 0 radical (unpaired) electrons. The van der Waals surface area contributed by atoms with Crippen LogP contribution in [0.15, 0.2) is 6.07 Å². The molecule has 1 aliphatic heterocycles. The van der Waals surface area contributed by atoms with Crippen LogP contribution in [0.4, 0.5) is 5.95 Å². The van der Waals surface area contributed by atoms with Gasteiger partial charge in [0.1, 0.15) is 0 Å². The summed E-state index contributed by atoms with van der Waals surface area (Å²) in [5.41, 5.74) is -0.308. The van der Waals surface area contributed by atoms with Crippen LogP contribution in [0.25, 0.3) is 0 Å². The zero-order valence-corrected chi connectivity index (χ0v) is 13.0. The third-order valence-electron chi connectivity index (χ3n) is 3.02. The minimum absolute atomic E-state index is 0.0544. The second-order valence-corrected chi connectivity index (χ2v) is 5.60. The van der Waals surface area contributed by atoms with Crippen molar-refractivity contribution in [3.63, 3.8) is 0 Å². The average Bonchev–Trinajstić information content (AvgIpc) is 2.44. The minimum atomic E-state index is -0.308. The van der Waals surface area contributed by atoms with E-state index in [-0.39, 0.29) is 11.7 Å². The summed E-state index contributed by atoms with van der Waals surface area (Å²) in [5.74, 6) is 1.94. The molecule has 1 aromatic rings. The van der Waals surface area contributed by atoms with Gasteiger partial charge in [0.2, 0.25) is 17.7 Å².